The van der Waals surface area contributed by atoms with Gasteiger partial charge in [0.2, 0.25) is 0 Å². The number of hydrogen-bond donors (Lipinski definition) is 1. The summed E-state index contributed by atoms with van der Waals surface area (Å²) in [5.41, 5.74) is 1.50. The molecule has 0 bridgehead atoms. The van der Waals surface area contributed by atoms with Crippen LogP contribution in [-0.2, 0) is 4.74 Å². The van der Waals surface area contributed by atoms with Gasteiger partial charge >= 0.3 is 5.97 Å². The van der Waals surface area contributed by atoms with Gasteiger partial charge in [-0.2, -0.15) is 0 Å². The van der Waals surface area contributed by atoms with E-state index in [0.717, 1.165) is 3.57 Å². The number of fused-ring (bicyclic) bond motifs is 1. The number of nitrogens with one attached hydrogen (secondary N) is 1. The third kappa shape index (κ3) is 2.93. The fraction of sp³-hybridized carbons (Fsp3) is 0.0625. The molecule has 1 heterocycles. The fourth-order valence-electron chi connectivity index (χ4n) is 2.29. The Balaban J connectivity index is 2.22. The molecule has 3 rings (SSSR count). The number of carbonyl (C=O) groups excluding carboxylic acids is 1. The highest BCUT2D eigenvalue weighted by molar-refractivity contribution is 14.1. The van der Waals surface area contributed by atoms with Gasteiger partial charge in [-0.3, -0.25) is 9.36 Å². The Kier molecular flexibility index (Phi) is 4.31. The monoisotopic (exact) mass is 438 g/mol. The molecule has 0 aliphatic rings. The minimum absolute atomic E-state index is 0.201. The smallest absolute Gasteiger partial charge is 0.337 e. The molecule has 0 aliphatic carbocycles. The van der Waals surface area contributed by atoms with Crippen LogP contribution in [0.15, 0.2) is 47.3 Å². The average Bonchev–Trinajstić information content (AvgIpc) is 2.55. The number of carbonyl (C=O) groups is 1. The van der Waals surface area contributed by atoms with Crippen molar-refractivity contribution in [2.75, 3.05) is 7.11 Å². The van der Waals surface area contributed by atoms with Gasteiger partial charge in [-0.1, -0.05) is 0 Å². The molecule has 0 saturated heterocycles. The number of ether oxygens (including phenoxy) is 1. The van der Waals surface area contributed by atoms with E-state index in [9.17, 15) is 9.59 Å². The van der Waals surface area contributed by atoms with Crippen molar-refractivity contribution in [3.05, 3.63) is 66.7 Å². The number of rotatable bonds is 2. The van der Waals surface area contributed by atoms with Crippen LogP contribution in [0.5, 0.6) is 0 Å². The van der Waals surface area contributed by atoms with Gasteiger partial charge in [0.05, 0.1) is 29.3 Å². The summed E-state index contributed by atoms with van der Waals surface area (Å²) in [6.07, 6.45) is 0. The summed E-state index contributed by atoms with van der Waals surface area (Å²) in [7, 11) is 1.32. The molecule has 0 spiro atoms. The highest BCUT2D eigenvalue weighted by Gasteiger charge is 2.10. The van der Waals surface area contributed by atoms with Crippen molar-refractivity contribution in [1.82, 2.24) is 9.55 Å². The van der Waals surface area contributed by atoms with E-state index < -0.39 is 5.97 Å². The molecule has 0 unspecified atom stereocenters. The lowest BCUT2D eigenvalue weighted by atomic mass is 10.2. The zero-order valence-corrected chi connectivity index (χ0v) is 15.0. The number of aromatic amines is 1. The molecule has 7 heteroatoms. The largest absolute Gasteiger partial charge is 0.465 e. The van der Waals surface area contributed by atoms with E-state index in [1.165, 1.54) is 11.7 Å². The van der Waals surface area contributed by atoms with Gasteiger partial charge in [0.1, 0.15) is 0 Å². The summed E-state index contributed by atoms with van der Waals surface area (Å²) in [5, 5.41) is 0.558. The minimum Gasteiger partial charge on any atom is -0.465 e. The Labute approximate surface area is 150 Å². The van der Waals surface area contributed by atoms with E-state index in [1.807, 2.05) is 18.2 Å². The van der Waals surface area contributed by atoms with E-state index in [4.69, 9.17) is 12.2 Å². The Morgan fingerprint density at radius 3 is 2.57 bits per heavy atom. The lowest BCUT2D eigenvalue weighted by Gasteiger charge is -2.09. The third-order valence-electron chi connectivity index (χ3n) is 3.41. The first-order chi connectivity index (χ1) is 11.0. The van der Waals surface area contributed by atoms with Crippen LogP contribution in [-0.4, -0.2) is 22.6 Å². The number of nitrogens with zero attached hydrogens (tertiary/aromatic N) is 1. The second kappa shape index (κ2) is 6.25. The van der Waals surface area contributed by atoms with Gasteiger partial charge in [0.15, 0.2) is 4.77 Å². The van der Waals surface area contributed by atoms with Crippen molar-refractivity contribution in [1.29, 1.82) is 0 Å². The number of aromatic nitrogens is 2. The molecular formula is C16H11IN2O3S. The minimum atomic E-state index is -0.429. The molecule has 0 aliphatic heterocycles. The molecule has 116 valence electrons. The highest BCUT2D eigenvalue weighted by Crippen LogP contribution is 2.15. The lowest BCUT2D eigenvalue weighted by molar-refractivity contribution is 0.0601. The predicted octanol–water partition coefficient (Wildman–Crippen LogP) is 3.44. The first-order valence-corrected chi connectivity index (χ1v) is 8.13. The lowest BCUT2D eigenvalue weighted by Crippen LogP contribution is -2.20. The van der Waals surface area contributed by atoms with Gasteiger partial charge in [0, 0.05) is 3.57 Å². The van der Waals surface area contributed by atoms with Crippen molar-refractivity contribution in [3.8, 4) is 5.69 Å². The Morgan fingerprint density at radius 1 is 1.22 bits per heavy atom. The van der Waals surface area contributed by atoms with Gasteiger partial charge < -0.3 is 9.72 Å². The second-order valence-corrected chi connectivity index (χ2v) is 6.43. The quantitative estimate of drug-likeness (QED) is 0.378. The van der Waals surface area contributed by atoms with Crippen LogP contribution in [0.25, 0.3) is 16.6 Å². The SMILES string of the molecule is COC(=O)c1ccc(-n2c(=S)[nH]c3ccc(I)cc3c2=O)cc1. The van der Waals surface area contributed by atoms with E-state index in [0.29, 0.717) is 26.9 Å². The standard InChI is InChI=1S/C16H11IN2O3S/c1-22-15(21)9-2-5-11(6-3-9)19-14(20)12-8-10(17)4-7-13(12)18-16(19)23/h2-8H,1H3,(H,18,23). The molecule has 0 atom stereocenters. The van der Waals surface area contributed by atoms with Crippen LogP contribution >= 0.6 is 34.8 Å². The first kappa shape index (κ1) is 15.9. The molecular weight excluding hydrogens is 427 g/mol. The van der Waals surface area contributed by atoms with E-state index in [-0.39, 0.29) is 5.56 Å². The second-order valence-electron chi connectivity index (χ2n) is 4.80. The number of H-pyrrole nitrogens is 1. The topological polar surface area (TPSA) is 64.1 Å². The number of esters is 1. The Bertz CT molecular complexity index is 1020. The summed E-state index contributed by atoms with van der Waals surface area (Å²) in [5.74, 6) is -0.429. The molecule has 2 aromatic carbocycles. The normalized spacial score (nSPS) is 10.7. The van der Waals surface area contributed by atoms with Crippen LogP contribution < -0.4 is 5.56 Å². The summed E-state index contributed by atoms with van der Waals surface area (Å²) >= 11 is 7.46. The van der Waals surface area contributed by atoms with Crippen molar-refractivity contribution < 1.29 is 9.53 Å². The highest BCUT2D eigenvalue weighted by atomic mass is 127. The fourth-order valence-corrected chi connectivity index (χ4v) is 3.07. The summed E-state index contributed by atoms with van der Waals surface area (Å²) in [6.45, 7) is 0. The zero-order valence-electron chi connectivity index (χ0n) is 12.0. The molecule has 3 aromatic rings. The van der Waals surface area contributed by atoms with Crippen molar-refractivity contribution in [2.45, 2.75) is 0 Å². The van der Waals surface area contributed by atoms with Crippen LogP contribution in [0.3, 0.4) is 0 Å². The molecule has 0 radical (unpaired) electrons. The number of halogens is 1. The van der Waals surface area contributed by atoms with E-state index >= 15 is 0 Å². The van der Waals surface area contributed by atoms with E-state index in [2.05, 4.69) is 32.3 Å². The maximum atomic E-state index is 12.8. The maximum Gasteiger partial charge on any atom is 0.337 e. The van der Waals surface area contributed by atoms with Gasteiger partial charge in [-0.15, -0.1) is 0 Å². The summed E-state index contributed by atoms with van der Waals surface area (Å²) in [4.78, 5) is 27.3. The summed E-state index contributed by atoms with van der Waals surface area (Å²) in [6, 6.07) is 12.1. The van der Waals surface area contributed by atoms with Gasteiger partial charge in [0.25, 0.3) is 5.56 Å². The van der Waals surface area contributed by atoms with Crippen molar-refractivity contribution in [2.24, 2.45) is 0 Å². The van der Waals surface area contributed by atoms with Crippen LogP contribution in [0.4, 0.5) is 0 Å². The maximum absolute atomic E-state index is 12.8. The zero-order chi connectivity index (χ0) is 16.6. The first-order valence-electron chi connectivity index (χ1n) is 6.64. The van der Waals surface area contributed by atoms with Gasteiger partial charge in [-0.25, -0.2) is 4.79 Å². The van der Waals surface area contributed by atoms with Crippen LogP contribution in [0, 0.1) is 8.34 Å². The number of benzene rings is 2. The molecule has 5 nitrogen and oxygen atoms in total. The Hall–Kier alpha value is -2.00. The predicted molar refractivity (Wildman–Crippen MR) is 98.8 cm³/mol. The molecule has 0 fully saturated rings. The molecule has 1 N–H and O–H groups in total. The molecule has 1 aromatic heterocycles. The van der Waals surface area contributed by atoms with Crippen LogP contribution in [0.2, 0.25) is 0 Å². The van der Waals surface area contributed by atoms with Crippen molar-refractivity contribution >= 4 is 51.7 Å². The molecule has 0 amide bonds. The third-order valence-corrected chi connectivity index (χ3v) is 4.36. The molecule has 23 heavy (non-hydrogen) atoms. The molecule has 0 saturated carbocycles. The Morgan fingerprint density at radius 2 is 1.91 bits per heavy atom. The average molecular weight is 438 g/mol. The van der Waals surface area contributed by atoms with Crippen LogP contribution in [0.1, 0.15) is 10.4 Å². The van der Waals surface area contributed by atoms with Crippen molar-refractivity contribution in [3.63, 3.8) is 0 Å². The summed E-state index contributed by atoms with van der Waals surface area (Å²) < 4.78 is 7.34. The number of methoxy groups -OCH3 is 1. The van der Waals surface area contributed by atoms with Gasteiger partial charge in [-0.05, 0) is 77.3 Å². The number of hydrogen-bond acceptors (Lipinski definition) is 4. The van der Waals surface area contributed by atoms with E-state index in [1.54, 1.807) is 24.3 Å².